The molecular weight excluding hydrogens is 226 g/mol. The summed E-state index contributed by atoms with van der Waals surface area (Å²) >= 11 is 0. The summed E-state index contributed by atoms with van der Waals surface area (Å²) in [4.78, 5) is 13.1. The largest absolute Gasteiger partial charge is 0.384 e. The van der Waals surface area contributed by atoms with Gasteiger partial charge in [0.2, 0.25) is 0 Å². The fraction of sp³-hybridized carbons (Fsp3) is 0.462. The number of nitrogens with zero attached hydrogens (tertiary/aromatic N) is 4. The number of anilines is 1. The van der Waals surface area contributed by atoms with Crippen LogP contribution in [0, 0.1) is 0 Å². The summed E-state index contributed by atoms with van der Waals surface area (Å²) in [6.07, 6.45) is 6.67. The van der Waals surface area contributed by atoms with Gasteiger partial charge in [-0.1, -0.05) is 13.8 Å². The second kappa shape index (κ2) is 5.62. The number of aromatic nitrogens is 4. The molecular formula is C13H19N5. The zero-order valence-electron chi connectivity index (χ0n) is 10.9. The number of imidazole rings is 1. The van der Waals surface area contributed by atoms with Gasteiger partial charge in [-0.2, -0.15) is 0 Å². The maximum Gasteiger partial charge on any atom is 0.158 e. The first-order valence-electron chi connectivity index (χ1n) is 6.39. The Kier molecular flexibility index (Phi) is 3.92. The van der Waals surface area contributed by atoms with Crippen LogP contribution in [-0.4, -0.2) is 19.5 Å². The van der Waals surface area contributed by atoms with Crippen molar-refractivity contribution in [3.63, 3.8) is 0 Å². The maximum atomic E-state index is 5.83. The fourth-order valence-corrected chi connectivity index (χ4v) is 1.93. The second-order valence-electron chi connectivity index (χ2n) is 4.29. The van der Waals surface area contributed by atoms with Crippen LogP contribution in [0.25, 0.3) is 11.5 Å². The van der Waals surface area contributed by atoms with Crippen molar-refractivity contribution in [2.24, 2.45) is 0 Å². The Morgan fingerprint density at radius 2 is 2.06 bits per heavy atom. The van der Waals surface area contributed by atoms with E-state index in [1.165, 1.54) is 0 Å². The second-order valence-corrected chi connectivity index (χ2v) is 4.29. The molecule has 2 heterocycles. The lowest BCUT2D eigenvalue weighted by molar-refractivity contribution is 0.683. The molecule has 2 N–H and O–H groups in total. The van der Waals surface area contributed by atoms with Crippen molar-refractivity contribution in [1.82, 2.24) is 19.5 Å². The predicted octanol–water partition coefficient (Wildman–Crippen LogP) is 2.28. The lowest BCUT2D eigenvalue weighted by Gasteiger charge is -2.07. The molecule has 2 aromatic heterocycles. The van der Waals surface area contributed by atoms with Crippen LogP contribution in [0.1, 0.15) is 32.5 Å². The molecule has 18 heavy (non-hydrogen) atoms. The smallest absolute Gasteiger partial charge is 0.158 e. The highest BCUT2D eigenvalue weighted by Crippen LogP contribution is 2.18. The highest BCUT2D eigenvalue weighted by molar-refractivity contribution is 5.54. The van der Waals surface area contributed by atoms with Gasteiger partial charge < -0.3 is 10.3 Å². The number of nitrogens with two attached hydrogens (primary N) is 1. The van der Waals surface area contributed by atoms with Crippen LogP contribution in [-0.2, 0) is 13.0 Å². The Morgan fingerprint density at radius 1 is 1.22 bits per heavy atom. The van der Waals surface area contributed by atoms with Crippen LogP contribution >= 0.6 is 0 Å². The van der Waals surface area contributed by atoms with Gasteiger partial charge in [0.05, 0.1) is 0 Å². The molecule has 2 aromatic rings. The van der Waals surface area contributed by atoms with Crippen LogP contribution in [0.2, 0.25) is 0 Å². The first kappa shape index (κ1) is 12.5. The van der Waals surface area contributed by atoms with Gasteiger partial charge in [0, 0.05) is 31.4 Å². The highest BCUT2D eigenvalue weighted by atomic mass is 15.1. The van der Waals surface area contributed by atoms with E-state index in [-0.39, 0.29) is 0 Å². The molecule has 0 spiro atoms. The third-order valence-electron chi connectivity index (χ3n) is 2.67. The molecule has 96 valence electrons. The molecule has 2 rings (SSSR count). The van der Waals surface area contributed by atoms with Crippen molar-refractivity contribution in [3.8, 4) is 11.5 Å². The molecule has 0 fully saturated rings. The summed E-state index contributed by atoms with van der Waals surface area (Å²) in [5.74, 6) is 2.16. The zero-order valence-corrected chi connectivity index (χ0v) is 10.9. The molecule has 0 unspecified atom stereocenters. The normalized spacial score (nSPS) is 10.8. The minimum atomic E-state index is 0.509. The van der Waals surface area contributed by atoms with E-state index in [9.17, 15) is 0 Å². The average Bonchev–Trinajstić information content (AvgIpc) is 2.77. The molecule has 0 aromatic carbocycles. The van der Waals surface area contributed by atoms with Crippen LogP contribution in [0.5, 0.6) is 0 Å². The topological polar surface area (TPSA) is 69.6 Å². The minimum Gasteiger partial charge on any atom is -0.384 e. The number of aryl methyl sites for hydroxylation is 2. The number of hydrogen-bond donors (Lipinski definition) is 1. The highest BCUT2D eigenvalue weighted by Gasteiger charge is 2.09. The van der Waals surface area contributed by atoms with Crippen molar-refractivity contribution >= 4 is 5.82 Å². The fourth-order valence-electron chi connectivity index (χ4n) is 1.93. The van der Waals surface area contributed by atoms with Crippen LogP contribution in [0.4, 0.5) is 5.82 Å². The molecule has 0 aliphatic carbocycles. The third-order valence-corrected chi connectivity index (χ3v) is 2.67. The average molecular weight is 245 g/mol. The monoisotopic (exact) mass is 245 g/mol. The maximum absolute atomic E-state index is 5.83. The van der Waals surface area contributed by atoms with Crippen LogP contribution < -0.4 is 5.73 Å². The van der Waals surface area contributed by atoms with E-state index in [0.29, 0.717) is 5.82 Å². The van der Waals surface area contributed by atoms with Gasteiger partial charge in [-0.25, -0.2) is 15.0 Å². The van der Waals surface area contributed by atoms with Crippen LogP contribution in [0.15, 0.2) is 18.5 Å². The van der Waals surface area contributed by atoms with Gasteiger partial charge in [0.1, 0.15) is 17.3 Å². The van der Waals surface area contributed by atoms with Gasteiger partial charge in [-0.05, 0) is 12.8 Å². The molecule has 5 nitrogen and oxygen atoms in total. The van der Waals surface area contributed by atoms with Crippen molar-refractivity contribution in [3.05, 3.63) is 24.3 Å². The van der Waals surface area contributed by atoms with Crippen molar-refractivity contribution < 1.29 is 0 Å². The number of nitrogen functional groups attached to an aromatic ring is 1. The van der Waals surface area contributed by atoms with Gasteiger partial charge in [0.25, 0.3) is 0 Å². The zero-order chi connectivity index (χ0) is 13.0. The van der Waals surface area contributed by atoms with E-state index in [1.54, 1.807) is 12.3 Å². The lowest BCUT2D eigenvalue weighted by atomic mass is 10.3. The number of rotatable bonds is 5. The molecule has 0 saturated heterocycles. The van der Waals surface area contributed by atoms with E-state index < -0.39 is 0 Å². The van der Waals surface area contributed by atoms with E-state index in [4.69, 9.17) is 5.73 Å². The predicted molar refractivity (Wildman–Crippen MR) is 72.0 cm³/mol. The van der Waals surface area contributed by atoms with Gasteiger partial charge in [0.15, 0.2) is 5.82 Å². The summed E-state index contributed by atoms with van der Waals surface area (Å²) in [5.41, 5.74) is 6.64. The Labute approximate surface area is 107 Å². The molecule has 0 bridgehead atoms. The molecule has 0 atom stereocenters. The molecule has 0 aliphatic heterocycles. The number of hydrogen-bond acceptors (Lipinski definition) is 4. The standard InChI is InChI=1S/C13H19N5/c1-3-5-12-16-10(9-11(14)17-12)13-15-6-8-18(13)7-4-2/h6,8-9H,3-5,7H2,1-2H3,(H2,14,16,17). The molecule has 0 saturated carbocycles. The Bertz CT molecular complexity index is 518. The van der Waals surface area contributed by atoms with Gasteiger partial charge in [-0.15, -0.1) is 0 Å². The van der Waals surface area contributed by atoms with Crippen LogP contribution in [0.3, 0.4) is 0 Å². The Hall–Kier alpha value is -1.91. The summed E-state index contributed by atoms with van der Waals surface area (Å²) < 4.78 is 2.09. The summed E-state index contributed by atoms with van der Waals surface area (Å²) in [6.45, 7) is 5.17. The summed E-state index contributed by atoms with van der Waals surface area (Å²) in [6, 6.07) is 1.79. The van der Waals surface area contributed by atoms with E-state index in [0.717, 1.165) is 43.1 Å². The van der Waals surface area contributed by atoms with E-state index in [1.807, 2.05) is 6.20 Å². The molecule has 0 amide bonds. The summed E-state index contributed by atoms with van der Waals surface area (Å²) in [5, 5.41) is 0. The SMILES string of the molecule is CCCc1nc(N)cc(-c2nccn2CCC)n1. The van der Waals surface area contributed by atoms with Crippen molar-refractivity contribution in [2.75, 3.05) is 5.73 Å². The minimum absolute atomic E-state index is 0.509. The third kappa shape index (κ3) is 2.67. The van der Waals surface area contributed by atoms with Gasteiger partial charge >= 0.3 is 0 Å². The lowest BCUT2D eigenvalue weighted by Crippen LogP contribution is -2.05. The Morgan fingerprint density at radius 3 is 2.78 bits per heavy atom. The Balaban J connectivity index is 2.39. The first-order chi connectivity index (χ1) is 8.74. The molecule has 0 radical (unpaired) electrons. The summed E-state index contributed by atoms with van der Waals surface area (Å²) in [7, 11) is 0. The first-order valence-corrected chi connectivity index (χ1v) is 6.39. The van der Waals surface area contributed by atoms with Crippen molar-refractivity contribution in [2.45, 2.75) is 39.7 Å². The quantitative estimate of drug-likeness (QED) is 0.877. The van der Waals surface area contributed by atoms with Gasteiger partial charge in [-0.3, -0.25) is 0 Å². The van der Waals surface area contributed by atoms with E-state index >= 15 is 0 Å². The van der Waals surface area contributed by atoms with Crippen molar-refractivity contribution in [1.29, 1.82) is 0 Å². The molecule has 5 heteroatoms. The molecule has 0 aliphatic rings. The van der Waals surface area contributed by atoms with E-state index in [2.05, 4.69) is 33.4 Å².